The third-order valence-electron chi connectivity index (χ3n) is 4.25. The number of carboxylic acid groups (broad SMARTS) is 1. The van der Waals surface area contributed by atoms with Crippen LogP contribution < -0.4 is 0 Å². The molecule has 1 N–H and O–H groups in total. The van der Waals surface area contributed by atoms with Crippen molar-refractivity contribution in [3.8, 4) is 0 Å². The van der Waals surface area contributed by atoms with Crippen molar-refractivity contribution in [3.63, 3.8) is 0 Å². The molecule has 0 radical (unpaired) electrons. The topological polar surface area (TPSA) is 57.6 Å². The fourth-order valence-corrected chi connectivity index (χ4v) is 3.86. The largest absolute Gasteiger partial charge is 0.481 e. The molecule has 0 unspecified atom stereocenters. The molecule has 1 aliphatic carbocycles. The molecule has 2 aliphatic rings. The first-order valence-electron chi connectivity index (χ1n) is 7.08. The Labute approximate surface area is 118 Å². The lowest BCUT2D eigenvalue weighted by atomic mass is 9.99. The fourth-order valence-electron chi connectivity index (χ4n) is 2.57. The minimum Gasteiger partial charge on any atom is -0.481 e. The standard InChI is InChI=1S/C14H23NO3S/c1-11-2-6-15(7-3-11)12(16)9-19-10-14(4-5-14)8-13(17)18/h11H,2-10H2,1H3,(H,17,18). The van der Waals surface area contributed by atoms with Gasteiger partial charge in [0.05, 0.1) is 12.2 Å². The van der Waals surface area contributed by atoms with Crippen LogP contribution in [-0.2, 0) is 9.59 Å². The number of carbonyl (C=O) groups excluding carboxylic acids is 1. The van der Waals surface area contributed by atoms with Gasteiger partial charge in [-0.15, -0.1) is 0 Å². The molecule has 19 heavy (non-hydrogen) atoms. The van der Waals surface area contributed by atoms with Gasteiger partial charge in [0.1, 0.15) is 0 Å². The molecule has 1 heterocycles. The van der Waals surface area contributed by atoms with Crippen LogP contribution in [0.1, 0.15) is 39.0 Å². The number of piperidine rings is 1. The van der Waals surface area contributed by atoms with Crippen molar-refractivity contribution in [2.24, 2.45) is 11.3 Å². The number of nitrogens with zero attached hydrogens (tertiary/aromatic N) is 1. The van der Waals surface area contributed by atoms with E-state index >= 15 is 0 Å². The van der Waals surface area contributed by atoms with Crippen molar-refractivity contribution < 1.29 is 14.7 Å². The molecule has 0 aromatic carbocycles. The van der Waals surface area contributed by atoms with Gasteiger partial charge in [-0.3, -0.25) is 9.59 Å². The highest BCUT2D eigenvalue weighted by Gasteiger charge is 2.44. The first-order chi connectivity index (χ1) is 9.01. The molecule has 0 bridgehead atoms. The van der Waals surface area contributed by atoms with Gasteiger partial charge in [-0.2, -0.15) is 11.8 Å². The summed E-state index contributed by atoms with van der Waals surface area (Å²) in [5.74, 6) is 1.57. The number of hydrogen-bond acceptors (Lipinski definition) is 3. The maximum atomic E-state index is 12.0. The highest BCUT2D eigenvalue weighted by molar-refractivity contribution is 7.99. The van der Waals surface area contributed by atoms with Crippen LogP contribution in [0, 0.1) is 11.3 Å². The zero-order chi connectivity index (χ0) is 13.9. The molecule has 1 saturated carbocycles. The molecule has 1 amide bonds. The Bertz CT molecular complexity index is 347. The monoisotopic (exact) mass is 285 g/mol. The summed E-state index contributed by atoms with van der Waals surface area (Å²) in [5, 5.41) is 8.84. The number of likely N-dealkylation sites (tertiary alicyclic amines) is 1. The van der Waals surface area contributed by atoms with Crippen molar-refractivity contribution >= 4 is 23.6 Å². The van der Waals surface area contributed by atoms with Crippen LogP contribution in [0.3, 0.4) is 0 Å². The quantitative estimate of drug-likeness (QED) is 0.813. The fraction of sp³-hybridized carbons (Fsp3) is 0.857. The van der Waals surface area contributed by atoms with E-state index in [1.165, 1.54) is 0 Å². The summed E-state index contributed by atoms with van der Waals surface area (Å²) in [7, 11) is 0. The maximum absolute atomic E-state index is 12.0. The zero-order valence-electron chi connectivity index (χ0n) is 11.6. The van der Waals surface area contributed by atoms with E-state index in [2.05, 4.69) is 6.92 Å². The summed E-state index contributed by atoms with van der Waals surface area (Å²) in [6, 6.07) is 0. The molecule has 2 rings (SSSR count). The molecular weight excluding hydrogens is 262 g/mol. The SMILES string of the molecule is CC1CCN(C(=O)CSCC2(CC(=O)O)CC2)CC1. The number of thioether (sulfide) groups is 1. The van der Waals surface area contributed by atoms with E-state index < -0.39 is 5.97 Å². The van der Waals surface area contributed by atoms with E-state index in [0.29, 0.717) is 5.75 Å². The van der Waals surface area contributed by atoms with Crippen LogP contribution in [0.25, 0.3) is 0 Å². The second-order valence-electron chi connectivity index (χ2n) is 6.13. The van der Waals surface area contributed by atoms with Gasteiger partial charge in [-0.1, -0.05) is 6.92 Å². The third kappa shape index (κ3) is 4.41. The Morgan fingerprint density at radius 2 is 1.95 bits per heavy atom. The second-order valence-corrected chi connectivity index (χ2v) is 7.11. The maximum Gasteiger partial charge on any atom is 0.303 e. The Balaban J connectivity index is 1.65. The summed E-state index contributed by atoms with van der Waals surface area (Å²) >= 11 is 1.61. The van der Waals surface area contributed by atoms with Gasteiger partial charge >= 0.3 is 5.97 Å². The molecular formula is C14H23NO3S. The van der Waals surface area contributed by atoms with Gasteiger partial charge in [0.2, 0.25) is 5.91 Å². The minimum atomic E-state index is -0.713. The molecule has 0 atom stereocenters. The van der Waals surface area contributed by atoms with Crippen LogP contribution >= 0.6 is 11.8 Å². The van der Waals surface area contributed by atoms with E-state index in [4.69, 9.17) is 5.11 Å². The van der Waals surface area contributed by atoms with Crippen LogP contribution in [0.4, 0.5) is 0 Å². The molecule has 5 heteroatoms. The average Bonchev–Trinajstić information content (AvgIpc) is 3.08. The highest BCUT2D eigenvalue weighted by atomic mass is 32.2. The zero-order valence-corrected chi connectivity index (χ0v) is 12.4. The van der Waals surface area contributed by atoms with Crippen molar-refractivity contribution in [2.75, 3.05) is 24.6 Å². The van der Waals surface area contributed by atoms with Crippen LogP contribution in [0.2, 0.25) is 0 Å². The van der Waals surface area contributed by atoms with Gasteiger partial charge in [-0.25, -0.2) is 0 Å². The number of aliphatic carboxylic acids is 1. The Kier molecular flexibility index (Phi) is 4.76. The Morgan fingerprint density at radius 1 is 1.32 bits per heavy atom. The number of hydrogen-bond donors (Lipinski definition) is 1. The minimum absolute atomic E-state index is 0.00675. The normalized spacial score (nSPS) is 22.3. The van der Waals surface area contributed by atoms with E-state index in [-0.39, 0.29) is 17.7 Å². The van der Waals surface area contributed by atoms with Crippen LogP contribution in [-0.4, -0.2) is 46.5 Å². The molecule has 0 spiro atoms. The molecule has 4 nitrogen and oxygen atoms in total. The van der Waals surface area contributed by atoms with E-state index in [1.807, 2.05) is 4.90 Å². The average molecular weight is 285 g/mol. The van der Waals surface area contributed by atoms with Gasteiger partial charge in [0, 0.05) is 13.1 Å². The molecule has 0 aromatic heterocycles. The van der Waals surface area contributed by atoms with Crippen molar-refractivity contribution in [1.82, 2.24) is 4.90 Å². The predicted octanol–water partition coefficient (Wildman–Crippen LogP) is 2.23. The van der Waals surface area contributed by atoms with E-state index in [9.17, 15) is 9.59 Å². The van der Waals surface area contributed by atoms with E-state index in [1.54, 1.807) is 11.8 Å². The lowest BCUT2D eigenvalue weighted by molar-refractivity contribution is -0.138. The summed E-state index contributed by atoms with van der Waals surface area (Å²) in [6.45, 7) is 4.01. The molecule has 1 aliphatic heterocycles. The summed E-state index contributed by atoms with van der Waals surface area (Å²) < 4.78 is 0. The summed E-state index contributed by atoms with van der Waals surface area (Å²) in [5.41, 5.74) is -0.00675. The van der Waals surface area contributed by atoms with Crippen molar-refractivity contribution in [3.05, 3.63) is 0 Å². The number of carboxylic acids is 1. The molecule has 1 saturated heterocycles. The van der Waals surface area contributed by atoms with Gasteiger partial charge < -0.3 is 10.0 Å². The first kappa shape index (κ1) is 14.7. The predicted molar refractivity (Wildman–Crippen MR) is 76.2 cm³/mol. The van der Waals surface area contributed by atoms with Crippen LogP contribution in [0.15, 0.2) is 0 Å². The molecule has 108 valence electrons. The molecule has 2 fully saturated rings. The summed E-state index contributed by atoms with van der Waals surface area (Å²) in [4.78, 5) is 24.7. The number of carbonyl (C=O) groups is 2. The van der Waals surface area contributed by atoms with E-state index in [0.717, 1.165) is 50.4 Å². The second kappa shape index (κ2) is 6.16. The Hall–Kier alpha value is -0.710. The van der Waals surface area contributed by atoms with Gasteiger partial charge in [0.25, 0.3) is 0 Å². The smallest absolute Gasteiger partial charge is 0.303 e. The summed E-state index contributed by atoms with van der Waals surface area (Å²) in [6.07, 6.45) is 4.48. The highest BCUT2D eigenvalue weighted by Crippen LogP contribution is 2.51. The Morgan fingerprint density at radius 3 is 2.47 bits per heavy atom. The molecule has 0 aromatic rings. The number of rotatable bonds is 6. The van der Waals surface area contributed by atoms with Crippen molar-refractivity contribution in [2.45, 2.75) is 39.0 Å². The number of amides is 1. The first-order valence-corrected chi connectivity index (χ1v) is 8.24. The van der Waals surface area contributed by atoms with Crippen molar-refractivity contribution in [1.29, 1.82) is 0 Å². The lowest BCUT2D eigenvalue weighted by Crippen LogP contribution is -2.39. The third-order valence-corrected chi connectivity index (χ3v) is 5.52. The lowest BCUT2D eigenvalue weighted by Gasteiger charge is -2.30. The van der Waals surface area contributed by atoms with Gasteiger partial charge in [0.15, 0.2) is 0 Å². The van der Waals surface area contributed by atoms with Crippen LogP contribution in [0.5, 0.6) is 0 Å². The van der Waals surface area contributed by atoms with Gasteiger partial charge in [-0.05, 0) is 42.8 Å².